The van der Waals surface area contributed by atoms with Gasteiger partial charge in [0.05, 0.1) is 11.7 Å². The molecule has 3 heteroatoms. The Balaban J connectivity index is 2.71. The molecule has 3 nitrogen and oxygen atoms in total. The maximum Gasteiger partial charge on any atom is 0.115 e. The van der Waals surface area contributed by atoms with E-state index in [1.54, 1.807) is 12.5 Å². The van der Waals surface area contributed by atoms with Crippen molar-refractivity contribution in [1.82, 2.24) is 15.3 Å². The van der Waals surface area contributed by atoms with Crippen LogP contribution in [-0.2, 0) is 0 Å². The molecule has 78 valence electrons. The van der Waals surface area contributed by atoms with E-state index in [-0.39, 0.29) is 0 Å². The van der Waals surface area contributed by atoms with Crippen molar-refractivity contribution in [2.75, 3.05) is 7.05 Å². The SMILES string of the molecule is CCCC(C)C(NC)c1ccncn1. The quantitative estimate of drug-likeness (QED) is 0.778. The van der Waals surface area contributed by atoms with E-state index in [4.69, 9.17) is 0 Å². The van der Waals surface area contributed by atoms with Gasteiger partial charge in [-0.2, -0.15) is 0 Å². The monoisotopic (exact) mass is 193 g/mol. The summed E-state index contributed by atoms with van der Waals surface area (Å²) in [6.07, 6.45) is 5.84. The minimum Gasteiger partial charge on any atom is -0.311 e. The van der Waals surface area contributed by atoms with Crippen molar-refractivity contribution in [1.29, 1.82) is 0 Å². The normalized spacial score (nSPS) is 15.1. The third-order valence-electron chi connectivity index (χ3n) is 2.55. The summed E-state index contributed by atoms with van der Waals surface area (Å²) in [6.45, 7) is 4.47. The Kier molecular flexibility index (Phi) is 4.53. The highest BCUT2D eigenvalue weighted by molar-refractivity contribution is 5.05. The molecule has 0 amide bonds. The van der Waals surface area contributed by atoms with Crippen LogP contribution in [0.4, 0.5) is 0 Å². The number of hydrogen-bond acceptors (Lipinski definition) is 3. The predicted molar refractivity (Wildman–Crippen MR) is 57.9 cm³/mol. The third kappa shape index (κ3) is 2.77. The summed E-state index contributed by atoms with van der Waals surface area (Å²) in [4.78, 5) is 8.21. The molecule has 0 radical (unpaired) electrons. The minimum absolute atomic E-state index is 0.345. The average Bonchev–Trinajstić information content (AvgIpc) is 2.21. The largest absolute Gasteiger partial charge is 0.311 e. The zero-order chi connectivity index (χ0) is 10.4. The molecule has 0 aliphatic carbocycles. The topological polar surface area (TPSA) is 37.8 Å². The van der Waals surface area contributed by atoms with Crippen LogP contribution in [-0.4, -0.2) is 17.0 Å². The molecule has 1 heterocycles. The zero-order valence-electron chi connectivity index (χ0n) is 9.20. The van der Waals surface area contributed by atoms with E-state index >= 15 is 0 Å². The molecule has 0 aromatic carbocycles. The fourth-order valence-electron chi connectivity index (χ4n) is 1.83. The Bertz CT molecular complexity index is 248. The first-order valence-electron chi connectivity index (χ1n) is 5.22. The summed E-state index contributed by atoms with van der Waals surface area (Å²) in [7, 11) is 1.99. The van der Waals surface area contributed by atoms with Gasteiger partial charge in [0, 0.05) is 6.20 Å². The van der Waals surface area contributed by atoms with E-state index in [0.29, 0.717) is 12.0 Å². The molecule has 2 atom stereocenters. The fraction of sp³-hybridized carbons (Fsp3) is 0.636. The van der Waals surface area contributed by atoms with Crippen LogP contribution in [0.3, 0.4) is 0 Å². The number of rotatable bonds is 5. The molecule has 1 N–H and O–H groups in total. The van der Waals surface area contributed by atoms with Crippen molar-refractivity contribution in [3.8, 4) is 0 Å². The average molecular weight is 193 g/mol. The summed E-state index contributed by atoms with van der Waals surface area (Å²) in [5.41, 5.74) is 1.09. The van der Waals surface area contributed by atoms with Crippen LogP contribution in [0.2, 0.25) is 0 Å². The molecule has 0 fully saturated rings. The minimum atomic E-state index is 0.345. The molecule has 0 aliphatic rings. The molecule has 0 bridgehead atoms. The highest BCUT2D eigenvalue weighted by Crippen LogP contribution is 2.22. The molecule has 1 rings (SSSR count). The van der Waals surface area contributed by atoms with Gasteiger partial charge in [-0.3, -0.25) is 0 Å². The molecular formula is C11H19N3. The summed E-state index contributed by atoms with van der Waals surface area (Å²) < 4.78 is 0. The first-order chi connectivity index (χ1) is 6.79. The van der Waals surface area contributed by atoms with Gasteiger partial charge in [0.1, 0.15) is 6.33 Å². The third-order valence-corrected chi connectivity index (χ3v) is 2.55. The number of hydrogen-bond donors (Lipinski definition) is 1. The van der Waals surface area contributed by atoms with Crippen LogP contribution in [0, 0.1) is 5.92 Å². The molecule has 0 aliphatic heterocycles. The summed E-state index contributed by atoms with van der Waals surface area (Å²) in [5.74, 6) is 0.611. The summed E-state index contributed by atoms with van der Waals surface area (Å²) >= 11 is 0. The van der Waals surface area contributed by atoms with Crippen molar-refractivity contribution in [3.63, 3.8) is 0 Å². The Labute approximate surface area is 86.0 Å². The highest BCUT2D eigenvalue weighted by Gasteiger charge is 2.17. The van der Waals surface area contributed by atoms with E-state index in [1.807, 2.05) is 13.1 Å². The van der Waals surface area contributed by atoms with Crippen molar-refractivity contribution in [2.24, 2.45) is 5.92 Å². The number of aromatic nitrogens is 2. The predicted octanol–water partition coefficient (Wildman–Crippen LogP) is 2.17. The van der Waals surface area contributed by atoms with Gasteiger partial charge in [0.25, 0.3) is 0 Å². The Morgan fingerprint density at radius 1 is 1.50 bits per heavy atom. The van der Waals surface area contributed by atoms with Crippen molar-refractivity contribution in [2.45, 2.75) is 32.7 Å². The van der Waals surface area contributed by atoms with Gasteiger partial charge in [-0.1, -0.05) is 20.3 Å². The van der Waals surface area contributed by atoms with Crippen molar-refractivity contribution < 1.29 is 0 Å². The number of nitrogens with one attached hydrogen (secondary N) is 1. The molecule has 0 saturated heterocycles. The van der Waals surface area contributed by atoms with E-state index in [1.165, 1.54) is 12.8 Å². The van der Waals surface area contributed by atoms with Crippen LogP contribution in [0.25, 0.3) is 0 Å². The molecule has 1 aromatic rings. The number of nitrogens with zero attached hydrogens (tertiary/aromatic N) is 2. The van der Waals surface area contributed by atoms with Gasteiger partial charge in [-0.15, -0.1) is 0 Å². The zero-order valence-corrected chi connectivity index (χ0v) is 9.20. The second-order valence-corrected chi connectivity index (χ2v) is 3.67. The molecule has 1 aromatic heterocycles. The molecule has 2 unspecified atom stereocenters. The molecule has 0 spiro atoms. The molecule has 0 saturated carbocycles. The van der Waals surface area contributed by atoms with Gasteiger partial charge in [0.15, 0.2) is 0 Å². The van der Waals surface area contributed by atoms with Gasteiger partial charge in [-0.25, -0.2) is 9.97 Å². The summed E-state index contributed by atoms with van der Waals surface area (Å²) in [6, 6.07) is 2.32. The van der Waals surface area contributed by atoms with Crippen molar-refractivity contribution >= 4 is 0 Å². The highest BCUT2D eigenvalue weighted by atomic mass is 14.9. The Morgan fingerprint density at radius 2 is 2.29 bits per heavy atom. The second-order valence-electron chi connectivity index (χ2n) is 3.67. The van der Waals surface area contributed by atoms with Crippen LogP contribution in [0.5, 0.6) is 0 Å². The van der Waals surface area contributed by atoms with Crippen LogP contribution in [0.15, 0.2) is 18.6 Å². The lowest BCUT2D eigenvalue weighted by atomic mass is 9.94. The summed E-state index contributed by atoms with van der Waals surface area (Å²) in [5, 5.41) is 3.31. The second kappa shape index (κ2) is 5.70. The van der Waals surface area contributed by atoms with Gasteiger partial charge < -0.3 is 5.32 Å². The van der Waals surface area contributed by atoms with E-state index in [2.05, 4.69) is 29.1 Å². The van der Waals surface area contributed by atoms with E-state index in [0.717, 1.165) is 5.69 Å². The lowest BCUT2D eigenvalue weighted by Gasteiger charge is -2.22. The first kappa shape index (κ1) is 11.1. The van der Waals surface area contributed by atoms with E-state index < -0.39 is 0 Å². The maximum atomic E-state index is 4.28. The van der Waals surface area contributed by atoms with Crippen LogP contribution >= 0.6 is 0 Å². The maximum absolute atomic E-state index is 4.28. The van der Waals surface area contributed by atoms with Gasteiger partial charge in [-0.05, 0) is 25.5 Å². The van der Waals surface area contributed by atoms with Gasteiger partial charge in [0.2, 0.25) is 0 Å². The molecule has 14 heavy (non-hydrogen) atoms. The Hall–Kier alpha value is -0.960. The Morgan fingerprint density at radius 3 is 2.79 bits per heavy atom. The fourth-order valence-corrected chi connectivity index (χ4v) is 1.83. The smallest absolute Gasteiger partial charge is 0.115 e. The van der Waals surface area contributed by atoms with Gasteiger partial charge >= 0.3 is 0 Å². The lowest BCUT2D eigenvalue weighted by Crippen LogP contribution is -2.24. The first-order valence-corrected chi connectivity index (χ1v) is 5.22. The van der Waals surface area contributed by atoms with E-state index in [9.17, 15) is 0 Å². The van der Waals surface area contributed by atoms with Crippen molar-refractivity contribution in [3.05, 3.63) is 24.3 Å². The van der Waals surface area contributed by atoms with Crippen LogP contribution in [0.1, 0.15) is 38.4 Å². The molecular weight excluding hydrogens is 174 g/mol. The van der Waals surface area contributed by atoms with Crippen LogP contribution < -0.4 is 5.32 Å². The lowest BCUT2D eigenvalue weighted by molar-refractivity contribution is 0.376. The standard InChI is InChI=1S/C11H19N3/c1-4-5-9(2)11(12-3)10-6-7-13-8-14-10/h6-9,11-12H,4-5H2,1-3H3.